The molecule has 0 radical (unpaired) electrons. The van der Waals surface area contributed by atoms with Crippen molar-refractivity contribution in [2.75, 3.05) is 0 Å². The molecule has 1 atom stereocenters. The average molecular weight is 328 g/mol. The van der Waals surface area contributed by atoms with Gasteiger partial charge in [-0.2, -0.15) is 0 Å². The van der Waals surface area contributed by atoms with E-state index in [2.05, 4.69) is 0 Å². The van der Waals surface area contributed by atoms with Crippen LogP contribution in [0.25, 0.3) is 12.2 Å². The second-order valence-electron chi connectivity index (χ2n) is 6.43. The maximum atomic E-state index is 12.8. The van der Waals surface area contributed by atoms with Crippen LogP contribution in [0.5, 0.6) is 0 Å². The van der Waals surface area contributed by atoms with Gasteiger partial charge in [-0.3, -0.25) is 9.59 Å². The van der Waals surface area contributed by atoms with E-state index in [0.29, 0.717) is 5.57 Å². The van der Waals surface area contributed by atoms with E-state index in [-0.39, 0.29) is 11.6 Å². The van der Waals surface area contributed by atoms with Gasteiger partial charge < -0.3 is 0 Å². The molecule has 3 rings (SSSR count). The zero-order chi connectivity index (χ0) is 17.9. The van der Waals surface area contributed by atoms with E-state index in [1.807, 2.05) is 74.5 Å². The van der Waals surface area contributed by atoms with Gasteiger partial charge in [0.15, 0.2) is 11.6 Å². The van der Waals surface area contributed by atoms with Crippen molar-refractivity contribution in [2.24, 2.45) is 0 Å². The van der Waals surface area contributed by atoms with Crippen LogP contribution in [0.2, 0.25) is 0 Å². The summed E-state index contributed by atoms with van der Waals surface area (Å²) >= 11 is 0. The van der Waals surface area contributed by atoms with E-state index in [4.69, 9.17) is 0 Å². The maximum Gasteiger partial charge on any atom is 0.178 e. The summed E-state index contributed by atoms with van der Waals surface area (Å²) in [6, 6.07) is 17.5. The first-order valence-electron chi connectivity index (χ1n) is 8.29. The number of ketones is 2. The Hall–Kier alpha value is -3.00. The van der Waals surface area contributed by atoms with Gasteiger partial charge in [0.1, 0.15) is 0 Å². The number of carbonyl (C=O) groups excluding carboxylic acids is 2. The molecule has 0 spiro atoms. The molecule has 0 amide bonds. The normalized spacial score (nSPS) is 19.9. The molecule has 0 unspecified atom stereocenters. The van der Waals surface area contributed by atoms with Crippen molar-refractivity contribution >= 4 is 23.7 Å². The van der Waals surface area contributed by atoms with Crippen LogP contribution in [0.4, 0.5) is 0 Å². The lowest BCUT2D eigenvalue weighted by atomic mass is 9.70. The smallest absolute Gasteiger partial charge is 0.178 e. The van der Waals surface area contributed by atoms with E-state index in [1.54, 1.807) is 12.2 Å². The first kappa shape index (κ1) is 16.8. The van der Waals surface area contributed by atoms with E-state index in [0.717, 1.165) is 16.7 Å². The Morgan fingerprint density at radius 2 is 1.64 bits per heavy atom. The highest BCUT2D eigenvalue weighted by molar-refractivity contribution is 6.11. The minimum absolute atomic E-state index is 0.0299. The molecule has 2 heteroatoms. The zero-order valence-corrected chi connectivity index (χ0v) is 14.4. The first-order valence-corrected chi connectivity index (χ1v) is 8.29. The highest BCUT2D eigenvalue weighted by atomic mass is 16.1. The number of fused-ring (bicyclic) bond motifs is 1. The van der Waals surface area contributed by atoms with Crippen LogP contribution in [0, 0.1) is 0 Å². The van der Waals surface area contributed by atoms with Crippen molar-refractivity contribution in [3.8, 4) is 0 Å². The number of hydrogen-bond acceptors (Lipinski definition) is 2. The molecule has 0 fully saturated rings. The molecular formula is C23H20O2. The van der Waals surface area contributed by atoms with Gasteiger partial charge in [-0.05, 0) is 54.3 Å². The molecule has 0 aliphatic heterocycles. The Bertz CT molecular complexity index is 901. The van der Waals surface area contributed by atoms with Gasteiger partial charge in [0.25, 0.3) is 0 Å². The van der Waals surface area contributed by atoms with E-state index in [9.17, 15) is 9.59 Å². The van der Waals surface area contributed by atoms with E-state index >= 15 is 0 Å². The molecule has 0 saturated heterocycles. The third kappa shape index (κ3) is 3.43. The number of benzene rings is 2. The zero-order valence-electron chi connectivity index (χ0n) is 14.4. The van der Waals surface area contributed by atoms with Crippen LogP contribution in [0.15, 0.2) is 78.4 Å². The van der Waals surface area contributed by atoms with Crippen molar-refractivity contribution in [2.45, 2.75) is 19.3 Å². The lowest BCUT2D eigenvalue weighted by Crippen LogP contribution is -2.34. The molecule has 0 aromatic heterocycles. The van der Waals surface area contributed by atoms with Gasteiger partial charge in [0, 0.05) is 0 Å². The SMILES string of the molecule is CC1=Cc2ccccc2[C@@](C)(/C=C\C(=O)/C=C/c2ccccc2)C1=O. The molecule has 2 aromatic rings. The predicted molar refractivity (Wildman–Crippen MR) is 102 cm³/mol. The van der Waals surface area contributed by atoms with Crippen LogP contribution >= 0.6 is 0 Å². The molecule has 1 aliphatic carbocycles. The van der Waals surface area contributed by atoms with Crippen LogP contribution in [0.1, 0.15) is 30.5 Å². The van der Waals surface area contributed by atoms with Gasteiger partial charge in [0.05, 0.1) is 5.41 Å². The lowest BCUT2D eigenvalue weighted by molar-refractivity contribution is -0.118. The number of hydrogen-bond donors (Lipinski definition) is 0. The Balaban J connectivity index is 1.87. The third-order valence-corrected chi connectivity index (χ3v) is 4.54. The van der Waals surface area contributed by atoms with Crippen LogP contribution in [-0.4, -0.2) is 11.6 Å². The maximum absolute atomic E-state index is 12.8. The highest BCUT2D eigenvalue weighted by Crippen LogP contribution is 2.37. The Morgan fingerprint density at radius 3 is 2.40 bits per heavy atom. The fourth-order valence-electron chi connectivity index (χ4n) is 3.14. The van der Waals surface area contributed by atoms with Gasteiger partial charge in [-0.25, -0.2) is 0 Å². The molecule has 2 nitrogen and oxygen atoms in total. The Kier molecular flexibility index (Phi) is 4.62. The minimum atomic E-state index is -0.814. The molecule has 0 saturated carbocycles. The quantitative estimate of drug-likeness (QED) is 0.758. The predicted octanol–water partition coefficient (Wildman–Crippen LogP) is 4.77. The lowest BCUT2D eigenvalue weighted by Gasteiger charge is -2.31. The summed E-state index contributed by atoms with van der Waals surface area (Å²) in [6.45, 7) is 3.69. The van der Waals surface area contributed by atoms with Crippen molar-refractivity contribution in [3.63, 3.8) is 0 Å². The standard InChI is InChI=1S/C23H20O2/c1-17-16-19-10-6-7-11-21(19)23(2,22(17)25)15-14-20(24)13-12-18-8-4-3-5-9-18/h3-16H,1-2H3/b13-12+,15-14-/t23-/m1/s1. The summed E-state index contributed by atoms with van der Waals surface area (Å²) in [5, 5.41) is 0. The summed E-state index contributed by atoms with van der Waals surface area (Å²) in [4.78, 5) is 25.0. The van der Waals surface area contributed by atoms with Crippen molar-refractivity contribution in [1.82, 2.24) is 0 Å². The molecule has 0 N–H and O–H groups in total. The fourth-order valence-corrected chi connectivity index (χ4v) is 3.14. The highest BCUT2D eigenvalue weighted by Gasteiger charge is 2.37. The summed E-state index contributed by atoms with van der Waals surface area (Å²) in [7, 11) is 0. The number of carbonyl (C=O) groups is 2. The van der Waals surface area contributed by atoms with Gasteiger partial charge in [-0.1, -0.05) is 66.7 Å². The monoisotopic (exact) mass is 328 g/mol. The topological polar surface area (TPSA) is 34.1 Å². The summed E-state index contributed by atoms with van der Waals surface area (Å²) in [5.74, 6) is -0.107. The molecule has 25 heavy (non-hydrogen) atoms. The second-order valence-corrected chi connectivity index (χ2v) is 6.43. The second kappa shape index (κ2) is 6.86. The molecule has 1 aliphatic rings. The van der Waals surface area contributed by atoms with Gasteiger partial charge >= 0.3 is 0 Å². The van der Waals surface area contributed by atoms with Gasteiger partial charge in [0.2, 0.25) is 0 Å². The van der Waals surface area contributed by atoms with Crippen LogP contribution in [0.3, 0.4) is 0 Å². The molecule has 2 aromatic carbocycles. The third-order valence-electron chi connectivity index (χ3n) is 4.54. The molecule has 0 bridgehead atoms. The molecule has 0 heterocycles. The Labute approximate surface area is 148 Å². The molecular weight excluding hydrogens is 308 g/mol. The van der Waals surface area contributed by atoms with Crippen molar-refractivity contribution in [1.29, 1.82) is 0 Å². The largest absolute Gasteiger partial charge is 0.293 e. The summed E-state index contributed by atoms with van der Waals surface area (Å²) < 4.78 is 0. The fraction of sp³-hybridized carbons (Fsp3) is 0.130. The number of rotatable bonds is 4. The van der Waals surface area contributed by atoms with Crippen LogP contribution < -0.4 is 0 Å². The number of Topliss-reactive ketones (excluding diaryl/α,β-unsaturated/α-hetero) is 1. The Morgan fingerprint density at radius 1 is 0.960 bits per heavy atom. The summed E-state index contributed by atoms with van der Waals surface area (Å²) in [5.41, 5.74) is 2.82. The van der Waals surface area contributed by atoms with E-state index < -0.39 is 5.41 Å². The minimum Gasteiger partial charge on any atom is -0.293 e. The van der Waals surface area contributed by atoms with E-state index in [1.165, 1.54) is 12.2 Å². The van der Waals surface area contributed by atoms with Crippen LogP contribution in [-0.2, 0) is 15.0 Å². The van der Waals surface area contributed by atoms with Crippen molar-refractivity contribution < 1.29 is 9.59 Å². The average Bonchev–Trinajstić information content (AvgIpc) is 2.64. The van der Waals surface area contributed by atoms with Crippen molar-refractivity contribution in [3.05, 3.63) is 95.1 Å². The number of allylic oxidation sites excluding steroid dienone is 4. The van der Waals surface area contributed by atoms with Gasteiger partial charge in [-0.15, -0.1) is 0 Å². The summed E-state index contributed by atoms with van der Waals surface area (Å²) in [6.07, 6.45) is 8.42. The molecule has 124 valence electrons. The first-order chi connectivity index (χ1) is 12.0.